The number of likely N-dealkylation sites (N-methyl/N-ethyl adjacent to an activating group) is 1. The number of aromatic amines is 1. The zero-order valence-electron chi connectivity index (χ0n) is 24.3. The zero-order chi connectivity index (χ0) is 30.3. The van der Waals surface area contributed by atoms with E-state index in [0.717, 1.165) is 19.6 Å². The molecule has 1 aromatic carbocycles. The van der Waals surface area contributed by atoms with Gasteiger partial charge in [0, 0.05) is 30.0 Å². The summed E-state index contributed by atoms with van der Waals surface area (Å²) >= 11 is 0. The minimum absolute atomic E-state index is 0.00504. The molecule has 0 radical (unpaired) electrons. The van der Waals surface area contributed by atoms with Crippen LogP contribution in [-0.2, 0) is 14.4 Å². The van der Waals surface area contributed by atoms with Crippen molar-refractivity contribution >= 4 is 49.2 Å². The molecule has 0 fully saturated rings. The molecule has 0 aliphatic carbocycles. The first-order valence-corrected chi connectivity index (χ1v) is 15.3. The maximum absolute atomic E-state index is 14.3. The second-order valence-corrected chi connectivity index (χ2v) is 10.9. The molecule has 41 heavy (non-hydrogen) atoms. The first-order valence-electron chi connectivity index (χ1n) is 13.8. The van der Waals surface area contributed by atoms with Crippen molar-refractivity contribution in [3.05, 3.63) is 52.1 Å². The molecule has 2 atom stereocenters. The molecule has 222 valence electrons. The van der Waals surface area contributed by atoms with E-state index in [1.807, 2.05) is 0 Å². The van der Waals surface area contributed by atoms with Crippen LogP contribution in [0.25, 0.3) is 11.6 Å². The highest BCUT2D eigenvalue weighted by atomic mass is 31.1. The third kappa shape index (κ3) is 7.47. The van der Waals surface area contributed by atoms with Gasteiger partial charge in [-0.15, -0.1) is 0 Å². The summed E-state index contributed by atoms with van der Waals surface area (Å²) in [6, 6.07) is 3.21. The number of halogens is 1. The standard InChI is InChI=1S/C29H40FN6O4P/c1-6-35(7-2)13-12-32-27(38)26-17(3)23(33-18(26)4)15-21-20-14-19(30)8-9-24(20)36(28(21)39)16-25(37)34-22(10-11-31)29(40)41-5/h8-9,14-15,22,33,41H,6-7,10-13,16,31H2,1-5H3,(H,32,38)(H,34,37)/b21-15-/t22-/m0/s1. The quantitative estimate of drug-likeness (QED) is 0.198. The Labute approximate surface area is 242 Å². The lowest BCUT2D eigenvalue weighted by molar-refractivity contribution is -0.124. The second-order valence-electron chi connectivity index (χ2n) is 9.87. The van der Waals surface area contributed by atoms with Gasteiger partial charge in [-0.05, 0) is 76.4 Å². The highest BCUT2D eigenvalue weighted by Gasteiger charge is 2.35. The number of nitrogens with two attached hydrogens (primary N) is 1. The van der Waals surface area contributed by atoms with Gasteiger partial charge < -0.3 is 26.3 Å². The van der Waals surface area contributed by atoms with Crippen LogP contribution in [0.4, 0.5) is 10.1 Å². The molecule has 5 N–H and O–H groups in total. The molecule has 3 amide bonds. The van der Waals surface area contributed by atoms with E-state index in [9.17, 15) is 23.6 Å². The van der Waals surface area contributed by atoms with Gasteiger partial charge in [-0.1, -0.05) is 22.4 Å². The number of nitrogens with zero attached hydrogens (tertiary/aromatic N) is 2. The van der Waals surface area contributed by atoms with Crippen LogP contribution in [0.1, 0.15) is 53.1 Å². The molecular weight excluding hydrogens is 546 g/mol. The predicted molar refractivity (Wildman–Crippen MR) is 162 cm³/mol. The highest BCUT2D eigenvalue weighted by molar-refractivity contribution is 7.57. The van der Waals surface area contributed by atoms with E-state index in [1.54, 1.807) is 26.6 Å². The lowest BCUT2D eigenvalue weighted by Gasteiger charge is -2.20. The van der Waals surface area contributed by atoms with Crippen LogP contribution in [0, 0.1) is 19.7 Å². The van der Waals surface area contributed by atoms with Crippen molar-refractivity contribution in [2.24, 2.45) is 5.73 Å². The number of rotatable bonds is 14. The largest absolute Gasteiger partial charge is 0.358 e. The minimum Gasteiger partial charge on any atom is -0.358 e. The van der Waals surface area contributed by atoms with E-state index >= 15 is 0 Å². The van der Waals surface area contributed by atoms with Crippen molar-refractivity contribution in [1.29, 1.82) is 0 Å². The average molecular weight is 587 g/mol. The number of carbonyl (C=O) groups is 4. The minimum atomic E-state index is -0.725. The third-order valence-electron chi connectivity index (χ3n) is 7.27. The summed E-state index contributed by atoms with van der Waals surface area (Å²) in [6.45, 7) is 12.3. The Balaban J connectivity index is 1.87. The number of aryl methyl sites for hydroxylation is 1. The van der Waals surface area contributed by atoms with Crippen molar-refractivity contribution in [3.8, 4) is 0 Å². The molecule has 1 aliphatic rings. The summed E-state index contributed by atoms with van der Waals surface area (Å²) in [5, 5.41) is 5.65. The van der Waals surface area contributed by atoms with Gasteiger partial charge in [0.25, 0.3) is 11.8 Å². The molecule has 2 heterocycles. The molecule has 0 saturated carbocycles. The normalized spacial score (nSPS) is 14.8. The summed E-state index contributed by atoms with van der Waals surface area (Å²) in [7, 11) is -0.00504. The Morgan fingerprint density at radius 2 is 1.93 bits per heavy atom. The van der Waals surface area contributed by atoms with Crippen molar-refractivity contribution in [1.82, 2.24) is 20.5 Å². The number of hydrogen-bond donors (Lipinski definition) is 4. The van der Waals surface area contributed by atoms with Crippen molar-refractivity contribution in [2.75, 3.05) is 50.8 Å². The van der Waals surface area contributed by atoms with E-state index in [-0.39, 0.29) is 38.7 Å². The van der Waals surface area contributed by atoms with E-state index in [2.05, 4.69) is 34.4 Å². The second kappa shape index (κ2) is 14.5. The Bertz CT molecular complexity index is 1340. The molecule has 12 heteroatoms. The molecule has 1 aromatic heterocycles. The molecule has 1 aliphatic heterocycles. The summed E-state index contributed by atoms with van der Waals surface area (Å²) in [6.07, 6.45) is 1.88. The average Bonchev–Trinajstić information content (AvgIpc) is 3.36. The number of nitrogens with one attached hydrogen (secondary N) is 3. The smallest absolute Gasteiger partial charge is 0.259 e. The topological polar surface area (TPSA) is 141 Å². The fraction of sp³-hybridized carbons (Fsp3) is 0.448. The molecular formula is C29H40FN6O4P. The number of amides is 3. The van der Waals surface area contributed by atoms with Crippen molar-refractivity contribution in [3.63, 3.8) is 0 Å². The summed E-state index contributed by atoms with van der Waals surface area (Å²) in [5.74, 6) is -1.75. The van der Waals surface area contributed by atoms with Crippen LogP contribution < -0.4 is 21.3 Å². The molecule has 0 saturated heterocycles. The van der Waals surface area contributed by atoms with Gasteiger partial charge in [-0.2, -0.15) is 0 Å². The van der Waals surface area contributed by atoms with Gasteiger partial charge in [-0.3, -0.25) is 24.1 Å². The Hall–Kier alpha value is -3.40. The lowest BCUT2D eigenvalue weighted by atomic mass is 10.0. The van der Waals surface area contributed by atoms with Crippen LogP contribution in [-0.4, -0.2) is 85.1 Å². The van der Waals surface area contributed by atoms with Crippen LogP contribution in [0.15, 0.2) is 18.2 Å². The van der Waals surface area contributed by atoms with Gasteiger partial charge in [0.15, 0.2) is 5.52 Å². The van der Waals surface area contributed by atoms with Crippen LogP contribution in [0.2, 0.25) is 0 Å². The summed E-state index contributed by atoms with van der Waals surface area (Å²) in [4.78, 5) is 58.4. The Morgan fingerprint density at radius 1 is 1.22 bits per heavy atom. The van der Waals surface area contributed by atoms with Crippen molar-refractivity contribution in [2.45, 2.75) is 40.2 Å². The first-order chi connectivity index (χ1) is 19.6. The number of aromatic nitrogens is 1. The maximum Gasteiger partial charge on any atom is 0.259 e. The van der Waals surface area contributed by atoms with Crippen LogP contribution in [0.3, 0.4) is 0 Å². The van der Waals surface area contributed by atoms with E-state index < -0.39 is 23.7 Å². The van der Waals surface area contributed by atoms with Gasteiger partial charge in [-0.25, -0.2) is 4.39 Å². The molecule has 0 spiro atoms. The number of carbonyl (C=O) groups excluding carboxylic acids is 4. The number of benzene rings is 1. The molecule has 2 aromatic rings. The third-order valence-corrected chi connectivity index (χ3v) is 8.11. The number of H-pyrrole nitrogens is 1. The number of hydrogen-bond acceptors (Lipinski definition) is 6. The van der Waals surface area contributed by atoms with Gasteiger partial charge in [0.1, 0.15) is 12.4 Å². The molecule has 10 nitrogen and oxygen atoms in total. The van der Waals surface area contributed by atoms with Gasteiger partial charge >= 0.3 is 0 Å². The van der Waals surface area contributed by atoms with Gasteiger partial charge in [0.2, 0.25) is 5.91 Å². The molecule has 0 bridgehead atoms. The Kier molecular flexibility index (Phi) is 11.3. The zero-order valence-corrected chi connectivity index (χ0v) is 25.3. The highest BCUT2D eigenvalue weighted by Crippen LogP contribution is 2.38. The van der Waals surface area contributed by atoms with Crippen LogP contribution in [0.5, 0.6) is 0 Å². The van der Waals surface area contributed by atoms with E-state index in [0.29, 0.717) is 46.7 Å². The fourth-order valence-electron chi connectivity index (χ4n) is 4.98. The van der Waals surface area contributed by atoms with E-state index in [1.165, 1.54) is 23.1 Å². The fourth-order valence-corrected chi connectivity index (χ4v) is 5.54. The lowest BCUT2D eigenvalue weighted by Crippen LogP contribution is -2.46. The van der Waals surface area contributed by atoms with Crippen molar-refractivity contribution < 1.29 is 23.6 Å². The van der Waals surface area contributed by atoms with Crippen LogP contribution >= 0.6 is 8.58 Å². The number of fused-ring (bicyclic) bond motifs is 1. The molecule has 1 unspecified atom stereocenters. The van der Waals surface area contributed by atoms with Gasteiger partial charge in [0.05, 0.1) is 22.9 Å². The van der Waals surface area contributed by atoms with E-state index in [4.69, 9.17) is 5.73 Å². The summed E-state index contributed by atoms with van der Waals surface area (Å²) in [5.41, 5.74) is 8.72. The first kappa shape index (κ1) is 32.1. The number of anilines is 1. The maximum atomic E-state index is 14.3. The summed E-state index contributed by atoms with van der Waals surface area (Å²) < 4.78 is 14.3. The predicted octanol–water partition coefficient (Wildman–Crippen LogP) is 2.40. The SMILES string of the molecule is CCN(CC)CCNC(=O)c1c(C)[nH]c(/C=C2\C(=O)N(CC(=O)N[C@@H](CCN)C(=O)PC)c3ccc(F)cc32)c1C. The molecule has 3 rings (SSSR count). The monoisotopic (exact) mass is 586 g/mol. The Morgan fingerprint density at radius 3 is 2.56 bits per heavy atom.